The first-order chi connectivity index (χ1) is 9.26. The molecule has 114 valence electrons. The molecular formula is C13H25N5OS. The molecule has 3 N–H and O–H groups in total. The van der Waals surface area contributed by atoms with Crippen molar-refractivity contribution in [3.8, 4) is 0 Å². The van der Waals surface area contributed by atoms with E-state index in [0.29, 0.717) is 6.42 Å². The first-order valence-corrected chi connectivity index (χ1v) is 7.81. The summed E-state index contributed by atoms with van der Waals surface area (Å²) in [7, 11) is 1.95. The molecule has 0 bridgehead atoms. The topological polar surface area (TPSA) is 85.8 Å². The van der Waals surface area contributed by atoms with Gasteiger partial charge in [0.25, 0.3) is 0 Å². The Morgan fingerprint density at radius 1 is 1.50 bits per heavy atom. The fourth-order valence-electron chi connectivity index (χ4n) is 2.01. The number of carbonyl (C=O) groups excluding carboxylic acids is 1. The summed E-state index contributed by atoms with van der Waals surface area (Å²) in [4.78, 5) is 11.6. The van der Waals surface area contributed by atoms with Gasteiger partial charge in [-0.1, -0.05) is 11.8 Å². The molecule has 1 aromatic rings. The number of hydrogen-bond acceptors (Lipinski definition) is 5. The van der Waals surface area contributed by atoms with E-state index in [1.807, 2.05) is 39.3 Å². The predicted octanol–water partition coefficient (Wildman–Crippen LogP) is 1.24. The van der Waals surface area contributed by atoms with Crippen LogP contribution in [0.2, 0.25) is 0 Å². The Hall–Kier alpha value is -1.08. The molecule has 0 aliphatic rings. The zero-order chi connectivity index (χ0) is 15.3. The fraction of sp³-hybridized carbons (Fsp3) is 0.769. The average Bonchev–Trinajstić information content (AvgIpc) is 2.65. The highest BCUT2D eigenvalue weighted by Gasteiger charge is 2.30. The number of rotatable bonds is 8. The van der Waals surface area contributed by atoms with Gasteiger partial charge in [-0.3, -0.25) is 4.79 Å². The van der Waals surface area contributed by atoms with Crippen molar-refractivity contribution in [3.05, 3.63) is 5.82 Å². The Morgan fingerprint density at radius 2 is 2.15 bits per heavy atom. The minimum Gasteiger partial charge on any atom is -0.368 e. The lowest BCUT2D eigenvalue weighted by Crippen LogP contribution is -2.55. The van der Waals surface area contributed by atoms with Crippen LogP contribution in [0.3, 0.4) is 0 Å². The van der Waals surface area contributed by atoms with Gasteiger partial charge in [-0.15, -0.1) is 10.2 Å². The van der Waals surface area contributed by atoms with Crippen molar-refractivity contribution in [2.75, 3.05) is 5.75 Å². The smallest absolute Gasteiger partial charge is 0.237 e. The van der Waals surface area contributed by atoms with E-state index in [4.69, 9.17) is 5.73 Å². The van der Waals surface area contributed by atoms with Crippen LogP contribution in [-0.4, -0.2) is 38.0 Å². The highest BCUT2D eigenvalue weighted by molar-refractivity contribution is 7.99. The molecule has 20 heavy (non-hydrogen) atoms. The monoisotopic (exact) mass is 299 g/mol. The zero-order valence-electron chi connectivity index (χ0n) is 12.9. The number of hydrogen-bond donors (Lipinski definition) is 2. The lowest BCUT2D eigenvalue weighted by molar-refractivity contribution is -0.124. The summed E-state index contributed by atoms with van der Waals surface area (Å²) < 4.78 is 1.96. The number of nitrogens with two attached hydrogens (primary N) is 1. The molecule has 0 aliphatic heterocycles. The molecule has 0 saturated heterocycles. The molecule has 1 atom stereocenters. The third-order valence-corrected chi connectivity index (χ3v) is 4.36. The molecule has 1 rings (SSSR count). The van der Waals surface area contributed by atoms with Gasteiger partial charge in [0.1, 0.15) is 5.82 Å². The van der Waals surface area contributed by atoms with Gasteiger partial charge in [0.05, 0.1) is 5.54 Å². The highest BCUT2D eigenvalue weighted by Crippen LogP contribution is 2.20. The fourth-order valence-corrected chi connectivity index (χ4v) is 2.90. The molecule has 7 heteroatoms. The molecule has 0 radical (unpaired) electrons. The number of aromatic nitrogens is 3. The molecule has 0 aliphatic carbocycles. The Bertz CT molecular complexity index is 460. The summed E-state index contributed by atoms with van der Waals surface area (Å²) >= 11 is 1.65. The van der Waals surface area contributed by atoms with Crippen LogP contribution < -0.4 is 11.1 Å². The van der Waals surface area contributed by atoms with E-state index in [1.54, 1.807) is 11.8 Å². The number of thioether (sulfide) groups is 1. The average molecular weight is 299 g/mol. The number of aryl methyl sites for hydroxylation is 1. The van der Waals surface area contributed by atoms with Crippen molar-refractivity contribution in [3.63, 3.8) is 0 Å². The second-order valence-corrected chi connectivity index (χ2v) is 6.60. The normalized spacial score (nSPS) is 14.5. The Morgan fingerprint density at radius 3 is 2.60 bits per heavy atom. The van der Waals surface area contributed by atoms with E-state index < -0.39 is 5.54 Å². The van der Waals surface area contributed by atoms with Crippen LogP contribution in [0.4, 0.5) is 0 Å². The van der Waals surface area contributed by atoms with Crippen LogP contribution in [0.5, 0.6) is 0 Å². The molecule has 0 spiro atoms. The number of nitrogens with zero attached hydrogens (tertiary/aromatic N) is 3. The van der Waals surface area contributed by atoms with Gasteiger partial charge in [0.2, 0.25) is 5.91 Å². The van der Waals surface area contributed by atoms with E-state index in [2.05, 4.69) is 15.5 Å². The minimum atomic E-state index is -0.648. The summed E-state index contributed by atoms with van der Waals surface area (Å²) in [6, 6.07) is 0.224. The molecule has 0 fully saturated rings. The van der Waals surface area contributed by atoms with Gasteiger partial charge in [0.15, 0.2) is 5.16 Å². The van der Waals surface area contributed by atoms with Crippen LogP contribution in [0.15, 0.2) is 5.16 Å². The van der Waals surface area contributed by atoms with E-state index in [9.17, 15) is 4.79 Å². The van der Waals surface area contributed by atoms with Crippen LogP contribution in [0.25, 0.3) is 0 Å². The quantitative estimate of drug-likeness (QED) is 0.557. The van der Waals surface area contributed by atoms with Gasteiger partial charge in [-0.25, -0.2) is 0 Å². The van der Waals surface area contributed by atoms with Crippen molar-refractivity contribution < 1.29 is 4.79 Å². The Balaban J connectivity index is 2.45. The first kappa shape index (κ1) is 17.0. The van der Waals surface area contributed by atoms with E-state index in [1.165, 1.54) is 0 Å². The van der Waals surface area contributed by atoms with Crippen LogP contribution in [-0.2, 0) is 11.8 Å². The number of nitrogens with one attached hydrogen (secondary N) is 1. The van der Waals surface area contributed by atoms with Gasteiger partial charge in [0, 0.05) is 18.8 Å². The largest absolute Gasteiger partial charge is 0.368 e. The molecule has 0 saturated carbocycles. The van der Waals surface area contributed by atoms with Gasteiger partial charge in [-0.2, -0.15) is 0 Å². The van der Waals surface area contributed by atoms with Gasteiger partial charge >= 0.3 is 0 Å². The van der Waals surface area contributed by atoms with Crippen molar-refractivity contribution in [1.29, 1.82) is 0 Å². The molecule has 1 amide bonds. The van der Waals surface area contributed by atoms with Gasteiger partial charge in [-0.05, 0) is 40.5 Å². The molecule has 1 heterocycles. The summed E-state index contributed by atoms with van der Waals surface area (Å²) in [5.41, 5.74) is 4.86. The summed E-state index contributed by atoms with van der Waals surface area (Å²) in [6.45, 7) is 7.82. The standard InChI is InChI=1S/C13H25N5OS/c1-9(2)15-13(4,11(14)19)7-6-8-20-12-17-16-10(3)18(12)5/h9,15H,6-8H2,1-5H3,(H2,14,19). The predicted molar refractivity (Wildman–Crippen MR) is 81.6 cm³/mol. The van der Waals surface area contributed by atoms with Crippen LogP contribution in [0.1, 0.15) is 39.4 Å². The Labute approximate surface area is 124 Å². The maximum atomic E-state index is 11.6. The van der Waals surface area contributed by atoms with E-state index in [0.717, 1.165) is 23.2 Å². The maximum absolute atomic E-state index is 11.6. The summed E-state index contributed by atoms with van der Waals surface area (Å²) in [5.74, 6) is 1.48. The third kappa shape index (κ3) is 4.49. The second kappa shape index (κ2) is 7.08. The number of carbonyl (C=O) groups is 1. The summed E-state index contributed by atoms with van der Waals surface area (Å²) in [6.07, 6.45) is 1.60. The van der Waals surface area contributed by atoms with Crippen molar-refractivity contribution >= 4 is 17.7 Å². The number of amides is 1. The van der Waals surface area contributed by atoms with Crippen LogP contribution in [0, 0.1) is 6.92 Å². The van der Waals surface area contributed by atoms with Crippen molar-refractivity contribution in [2.24, 2.45) is 12.8 Å². The lowest BCUT2D eigenvalue weighted by Gasteiger charge is -2.29. The van der Waals surface area contributed by atoms with Crippen molar-refractivity contribution in [1.82, 2.24) is 20.1 Å². The SMILES string of the molecule is Cc1nnc(SCCCC(C)(NC(C)C)C(N)=O)n1C. The molecule has 1 aromatic heterocycles. The zero-order valence-corrected chi connectivity index (χ0v) is 13.8. The van der Waals surface area contributed by atoms with E-state index >= 15 is 0 Å². The Kier molecular flexibility index (Phi) is 6.01. The van der Waals surface area contributed by atoms with Crippen molar-refractivity contribution in [2.45, 2.75) is 57.3 Å². The second-order valence-electron chi connectivity index (χ2n) is 5.54. The van der Waals surface area contributed by atoms with Crippen LogP contribution >= 0.6 is 11.8 Å². The molecule has 1 unspecified atom stereocenters. The minimum absolute atomic E-state index is 0.224. The molecule has 0 aromatic carbocycles. The summed E-state index contributed by atoms with van der Waals surface area (Å²) in [5, 5.41) is 12.3. The molecular weight excluding hydrogens is 274 g/mol. The lowest BCUT2D eigenvalue weighted by atomic mass is 9.94. The highest BCUT2D eigenvalue weighted by atomic mass is 32.2. The first-order valence-electron chi connectivity index (χ1n) is 6.82. The van der Waals surface area contributed by atoms with Gasteiger partial charge < -0.3 is 15.6 Å². The third-order valence-electron chi connectivity index (χ3n) is 3.26. The van der Waals surface area contributed by atoms with E-state index in [-0.39, 0.29) is 11.9 Å². The number of primary amides is 1. The maximum Gasteiger partial charge on any atom is 0.237 e. The molecule has 6 nitrogen and oxygen atoms in total.